The zero-order valence-electron chi connectivity index (χ0n) is 70.6. The fourth-order valence-electron chi connectivity index (χ4n) is 20.6. The normalized spacial score (nSPS) is 13.8. The molecule has 0 aliphatic heterocycles. The number of para-hydroxylation sites is 2. The summed E-state index contributed by atoms with van der Waals surface area (Å²) < 4.78 is 34.3. The molecule has 8 heterocycles. The van der Waals surface area contributed by atoms with E-state index < -0.39 is 0 Å². The molecular formula is C111H92N8O4+4. The SMILES string of the molecule is Cc1cc(C#N)c2c(oc3ccccc32)c1-c1c2ccccc2cc[n+]1C.[C-]#[N+]c1ccc2c(c1)oc1c(-c3c4ccc(C5CCCC5)cc4cc[n+]3C)c(C)ccc12.[C-]#[N+]c1ccc2oc3c(-c4c5ccc(C6CCCC6)cc5cc[n+]4C)c(C)ccc3c2c1.[C-]#[N+]c1cccc2c1oc1c(-c3c4ccc(C5CCCC5)cc4cc[n+]3C)c(C)ccc12. The molecule has 0 bridgehead atoms. The van der Waals surface area contributed by atoms with Crippen molar-refractivity contribution >= 4 is 148 Å². The zero-order chi connectivity index (χ0) is 84.0. The number of aryl methyl sites for hydroxylation is 8. The van der Waals surface area contributed by atoms with Crippen LogP contribution < -0.4 is 18.3 Å². The molecule has 3 fully saturated rings. The summed E-state index contributed by atoms with van der Waals surface area (Å²) in [5.41, 5.74) is 26.9. The van der Waals surface area contributed by atoms with Crippen molar-refractivity contribution in [3.8, 4) is 51.1 Å². The van der Waals surface area contributed by atoms with Crippen LogP contribution in [0.25, 0.3) is 190 Å². The molecule has 0 spiro atoms. The third kappa shape index (κ3) is 13.4. The highest BCUT2D eigenvalue weighted by Gasteiger charge is 2.32. The van der Waals surface area contributed by atoms with Crippen LogP contribution in [-0.4, -0.2) is 0 Å². The molecule has 3 aliphatic carbocycles. The van der Waals surface area contributed by atoms with E-state index in [2.05, 4.69) is 245 Å². The maximum Gasteiger partial charge on any atom is 0.229 e. The summed E-state index contributed by atoms with van der Waals surface area (Å²) in [7, 11) is 8.37. The van der Waals surface area contributed by atoms with Crippen LogP contribution in [0.1, 0.15) is 139 Å². The largest absolute Gasteiger partial charge is 0.466 e. The Kier molecular flexibility index (Phi) is 19.8. The van der Waals surface area contributed by atoms with Crippen LogP contribution in [0.3, 0.4) is 0 Å². The van der Waals surface area contributed by atoms with E-state index in [4.69, 9.17) is 37.4 Å². The van der Waals surface area contributed by atoms with E-state index in [-0.39, 0.29) is 0 Å². The number of fused-ring (bicyclic) bond motifs is 16. The van der Waals surface area contributed by atoms with E-state index in [1.54, 1.807) is 0 Å². The molecule has 12 aromatic carbocycles. The van der Waals surface area contributed by atoms with E-state index in [1.807, 2.05) is 98.9 Å². The van der Waals surface area contributed by atoms with Gasteiger partial charge in [0.25, 0.3) is 0 Å². The van der Waals surface area contributed by atoms with Crippen molar-refractivity contribution in [2.24, 2.45) is 28.2 Å². The van der Waals surface area contributed by atoms with Gasteiger partial charge in [0.1, 0.15) is 67.3 Å². The van der Waals surface area contributed by atoms with Crippen molar-refractivity contribution in [2.45, 2.75) is 122 Å². The molecule has 3 aliphatic rings. The molecule has 123 heavy (non-hydrogen) atoms. The van der Waals surface area contributed by atoms with Crippen LogP contribution in [-0.2, 0) is 28.2 Å². The predicted octanol–water partition coefficient (Wildman–Crippen LogP) is 28.7. The number of furan rings is 4. The number of rotatable bonds is 7. The van der Waals surface area contributed by atoms with Gasteiger partial charge >= 0.3 is 0 Å². The molecule has 0 atom stereocenters. The van der Waals surface area contributed by atoms with E-state index >= 15 is 0 Å². The fourth-order valence-corrected chi connectivity index (χ4v) is 20.6. The van der Waals surface area contributed by atoms with Gasteiger partial charge in [0, 0.05) is 67.4 Å². The fraction of sp³-hybridized carbons (Fsp3) is 0.207. The molecule has 3 saturated carbocycles. The Bertz CT molecular complexity index is 7830. The number of hydrogen-bond acceptors (Lipinski definition) is 5. The van der Waals surface area contributed by atoms with Crippen LogP contribution in [0.15, 0.2) is 267 Å². The lowest BCUT2D eigenvalue weighted by atomic mass is 9.92. The van der Waals surface area contributed by atoms with Crippen LogP contribution in [0.2, 0.25) is 0 Å². The number of nitriles is 1. The molecule has 0 saturated heterocycles. The van der Waals surface area contributed by atoms with Gasteiger partial charge in [-0.15, -0.1) is 0 Å². The molecule has 23 rings (SSSR count). The van der Waals surface area contributed by atoms with E-state index in [0.29, 0.717) is 46.0 Å². The highest BCUT2D eigenvalue weighted by molar-refractivity contribution is 6.18. The zero-order valence-corrected chi connectivity index (χ0v) is 70.6. The Balaban J connectivity index is 0.000000104. The smallest absolute Gasteiger partial charge is 0.229 e. The first-order chi connectivity index (χ1) is 60.1. The van der Waals surface area contributed by atoms with Gasteiger partial charge < -0.3 is 17.7 Å². The molecule has 8 aromatic heterocycles. The number of aromatic nitrogens is 4. The quantitative estimate of drug-likeness (QED) is 0.117. The summed E-state index contributed by atoms with van der Waals surface area (Å²) in [6.07, 6.45) is 24.5. The minimum Gasteiger partial charge on any atom is -0.466 e. The maximum absolute atomic E-state index is 9.73. The van der Waals surface area contributed by atoms with Gasteiger partial charge in [0.15, 0.2) is 41.7 Å². The van der Waals surface area contributed by atoms with Crippen LogP contribution in [0.4, 0.5) is 17.1 Å². The Morgan fingerprint density at radius 1 is 0.309 bits per heavy atom. The van der Waals surface area contributed by atoms with Gasteiger partial charge in [-0.25, -0.2) is 32.8 Å². The molecule has 0 radical (unpaired) electrons. The molecule has 12 heteroatoms. The minimum absolute atomic E-state index is 0.561. The van der Waals surface area contributed by atoms with Crippen LogP contribution >= 0.6 is 0 Å². The van der Waals surface area contributed by atoms with Gasteiger partial charge in [0.05, 0.1) is 75.1 Å². The van der Waals surface area contributed by atoms with Gasteiger partial charge in [-0.3, -0.25) is 0 Å². The number of pyridine rings is 4. The van der Waals surface area contributed by atoms with Gasteiger partial charge in [-0.2, -0.15) is 5.26 Å². The van der Waals surface area contributed by atoms with E-state index in [9.17, 15) is 5.26 Å². The van der Waals surface area contributed by atoms with Crippen molar-refractivity contribution in [2.75, 3.05) is 0 Å². The molecule has 0 unspecified atom stereocenters. The third-order valence-electron chi connectivity index (χ3n) is 26.8. The maximum atomic E-state index is 9.73. The summed E-state index contributed by atoms with van der Waals surface area (Å²) in [6.45, 7) is 30.8. The van der Waals surface area contributed by atoms with E-state index in [1.165, 1.54) is 160 Å². The van der Waals surface area contributed by atoms with Gasteiger partial charge in [-0.1, -0.05) is 184 Å². The molecule has 0 amide bonds. The lowest BCUT2D eigenvalue weighted by Gasteiger charge is -2.12. The Morgan fingerprint density at radius 2 is 0.691 bits per heavy atom. The highest BCUT2D eigenvalue weighted by atomic mass is 16.3. The second kappa shape index (κ2) is 31.5. The van der Waals surface area contributed by atoms with Crippen molar-refractivity contribution < 1.29 is 35.9 Å². The summed E-state index contributed by atoms with van der Waals surface area (Å²) >= 11 is 0. The summed E-state index contributed by atoms with van der Waals surface area (Å²) in [5.74, 6) is 2.10. The van der Waals surface area contributed by atoms with Crippen molar-refractivity contribution in [1.29, 1.82) is 5.26 Å². The molecular weight excluding hydrogens is 1510 g/mol. The molecule has 596 valence electrons. The van der Waals surface area contributed by atoms with Gasteiger partial charge in [-0.05, 0) is 199 Å². The standard InChI is InChI=1S/3C29H25N2O.C24H17N2O/c1-18-11-13-24-23-9-6-10-25(30-2)28(23)32-29(24)26(18)27-22-14-12-20(19-7-4-5-8-19)17-21(22)15-16-31(27)3;1-18-8-11-25-24-13-10-22(30-2)17-26(24)32-29(25)27(18)28-23-12-9-20(19-6-4-5-7-19)16-21(23)14-15-31(28)3;1-18-8-11-24-25-17-22(30-2)10-13-26(25)32-29(24)27(18)28-23-12-9-20(19-6-4-5-7-19)16-21(23)14-15-31(28)3;1-15-13-17(14-25)22-19-9-5-6-10-20(19)27-24(22)21(15)23-18-8-4-3-7-16(18)11-12-26(23)2/h6,9-17,19H,4-5,7-8H2,1,3H3;2*8-17,19H,4-7H2,1,3H3;3-13H,1-2H3/q4*+1. The Hall–Kier alpha value is -14.6. The van der Waals surface area contributed by atoms with Crippen molar-refractivity contribution in [3.63, 3.8) is 0 Å². The van der Waals surface area contributed by atoms with Crippen LogP contribution in [0, 0.1) is 58.7 Å². The van der Waals surface area contributed by atoms with Crippen molar-refractivity contribution in [1.82, 2.24) is 0 Å². The highest BCUT2D eigenvalue weighted by Crippen LogP contribution is 2.48. The molecule has 12 nitrogen and oxygen atoms in total. The monoisotopic (exact) mass is 1600 g/mol. The third-order valence-corrected chi connectivity index (χ3v) is 26.8. The summed E-state index contributed by atoms with van der Waals surface area (Å²) in [6, 6.07) is 80.6. The number of nitrogens with zero attached hydrogens (tertiary/aromatic N) is 8. The van der Waals surface area contributed by atoms with Crippen molar-refractivity contribution in [3.05, 3.63) is 328 Å². The number of benzene rings is 12. The summed E-state index contributed by atoms with van der Waals surface area (Å²) in [5, 5.41) is 27.8. The summed E-state index contributed by atoms with van der Waals surface area (Å²) in [4.78, 5) is 10.9. The second-order valence-electron chi connectivity index (χ2n) is 34.3. The first-order valence-electron chi connectivity index (χ1n) is 43.1. The Labute approximate surface area is 714 Å². The lowest BCUT2D eigenvalue weighted by molar-refractivity contribution is -0.659. The minimum atomic E-state index is 0.561. The van der Waals surface area contributed by atoms with Gasteiger partial charge in [0.2, 0.25) is 28.5 Å². The predicted molar refractivity (Wildman–Crippen MR) is 497 cm³/mol. The van der Waals surface area contributed by atoms with E-state index in [0.717, 1.165) is 127 Å². The van der Waals surface area contributed by atoms with Crippen LogP contribution in [0.5, 0.6) is 0 Å². The first-order valence-corrected chi connectivity index (χ1v) is 43.1. The topological polar surface area (TPSA) is 105 Å². The Morgan fingerprint density at radius 3 is 1.20 bits per heavy atom. The lowest BCUT2D eigenvalue weighted by Crippen LogP contribution is -2.30. The number of hydrogen-bond donors (Lipinski definition) is 0. The average molecular weight is 1600 g/mol. The second-order valence-corrected chi connectivity index (χ2v) is 34.3. The average Bonchev–Trinajstić information content (AvgIpc) is 1.66. The first kappa shape index (κ1) is 77.1. The molecule has 20 aromatic rings. The molecule has 0 N–H and O–H groups in total.